The molecule has 0 aromatic heterocycles. The van der Waals surface area contributed by atoms with Crippen molar-refractivity contribution in [2.75, 3.05) is 19.7 Å². The van der Waals surface area contributed by atoms with Gasteiger partial charge < -0.3 is 15.0 Å². The summed E-state index contributed by atoms with van der Waals surface area (Å²) in [5, 5.41) is 3.32. The van der Waals surface area contributed by atoms with E-state index in [4.69, 9.17) is 4.74 Å². The fourth-order valence-corrected chi connectivity index (χ4v) is 2.17. The molecule has 1 saturated heterocycles. The van der Waals surface area contributed by atoms with E-state index in [1.807, 2.05) is 11.8 Å². The maximum Gasteiger partial charge on any atom is 0.260 e. The molecule has 2 rings (SSSR count). The number of amides is 1. The molecular formula is C14H20ClFN2O2. The summed E-state index contributed by atoms with van der Waals surface area (Å²) in [7, 11) is 0. The molecule has 2 atom stereocenters. The van der Waals surface area contributed by atoms with E-state index < -0.39 is 0 Å². The van der Waals surface area contributed by atoms with Crippen molar-refractivity contribution in [3.8, 4) is 5.75 Å². The van der Waals surface area contributed by atoms with Crippen molar-refractivity contribution in [2.24, 2.45) is 0 Å². The van der Waals surface area contributed by atoms with Gasteiger partial charge in [0.1, 0.15) is 11.6 Å². The van der Waals surface area contributed by atoms with Gasteiger partial charge in [0, 0.05) is 25.2 Å². The van der Waals surface area contributed by atoms with E-state index in [0.29, 0.717) is 12.3 Å². The fourth-order valence-electron chi connectivity index (χ4n) is 2.17. The molecule has 112 valence electrons. The van der Waals surface area contributed by atoms with Gasteiger partial charge in [0.05, 0.1) is 0 Å². The van der Waals surface area contributed by atoms with E-state index in [9.17, 15) is 9.18 Å². The van der Waals surface area contributed by atoms with Crippen molar-refractivity contribution in [1.82, 2.24) is 10.2 Å². The second-order valence-electron chi connectivity index (χ2n) is 4.81. The second kappa shape index (κ2) is 7.45. The Labute approximate surface area is 124 Å². The Hall–Kier alpha value is -1.33. The Kier molecular flexibility index (Phi) is 6.23. The number of carbonyl (C=O) groups is 1. The van der Waals surface area contributed by atoms with Crippen LogP contribution < -0.4 is 10.1 Å². The lowest BCUT2D eigenvalue weighted by molar-refractivity contribution is -0.137. The van der Waals surface area contributed by atoms with Crippen LogP contribution in [0.1, 0.15) is 13.8 Å². The molecule has 6 heteroatoms. The first-order chi connectivity index (χ1) is 9.08. The molecule has 1 heterocycles. The first-order valence-corrected chi connectivity index (χ1v) is 6.49. The summed E-state index contributed by atoms with van der Waals surface area (Å²) >= 11 is 0. The summed E-state index contributed by atoms with van der Waals surface area (Å²) < 4.78 is 18.1. The van der Waals surface area contributed by atoms with Gasteiger partial charge in [-0.15, -0.1) is 12.4 Å². The second-order valence-corrected chi connectivity index (χ2v) is 4.81. The van der Waals surface area contributed by atoms with E-state index >= 15 is 0 Å². The average Bonchev–Trinajstić information content (AvgIpc) is 2.41. The zero-order valence-electron chi connectivity index (χ0n) is 11.6. The third kappa shape index (κ3) is 4.08. The number of nitrogens with one attached hydrogen (secondary N) is 1. The molecule has 1 aliphatic rings. The molecule has 0 saturated carbocycles. The van der Waals surface area contributed by atoms with Crippen LogP contribution in [-0.2, 0) is 4.79 Å². The van der Waals surface area contributed by atoms with Crippen LogP contribution in [0.25, 0.3) is 0 Å². The van der Waals surface area contributed by atoms with E-state index in [1.165, 1.54) is 24.3 Å². The van der Waals surface area contributed by atoms with Crippen LogP contribution in [0.2, 0.25) is 0 Å². The lowest BCUT2D eigenvalue weighted by Gasteiger charge is -2.38. The van der Waals surface area contributed by atoms with Crippen LogP contribution >= 0.6 is 12.4 Å². The zero-order valence-corrected chi connectivity index (χ0v) is 12.5. The number of rotatable bonds is 3. The highest BCUT2D eigenvalue weighted by molar-refractivity contribution is 5.85. The summed E-state index contributed by atoms with van der Waals surface area (Å²) in [4.78, 5) is 13.9. The van der Waals surface area contributed by atoms with E-state index in [1.54, 1.807) is 0 Å². The van der Waals surface area contributed by atoms with Crippen LogP contribution in [0, 0.1) is 5.82 Å². The molecule has 0 bridgehead atoms. The molecule has 0 aliphatic carbocycles. The molecule has 0 spiro atoms. The molecule has 4 nitrogen and oxygen atoms in total. The molecule has 1 aromatic rings. The Bertz CT molecular complexity index is 441. The van der Waals surface area contributed by atoms with Gasteiger partial charge in [0.2, 0.25) is 0 Å². The van der Waals surface area contributed by atoms with E-state index in [2.05, 4.69) is 12.2 Å². The van der Waals surface area contributed by atoms with Crippen molar-refractivity contribution in [1.29, 1.82) is 0 Å². The molecule has 0 radical (unpaired) electrons. The van der Waals surface area contributed by atoms with Crippen molar-refractivity contribution >= 4 is 18.3 Å². The van der Waals surface area contributed by atoms with Gasteiger partial charge in [-0.1, -0.05) is 0 Å². The Morgan fingerprint density at radius 2 is 2.05 bits per heavy atom. The van der Waals surface area contributed by atoms with E-state index in [-0.39, 0.29) is 42.8 Å². The van der Waals surface area contributed by atoms with Gasteiger partial charge in [0.15, 0.2) is 6.61 Å². The Balaban J connectivity index is 0.00000200. The molecule has 1 N–H and O–H groups in total. The van der Waals surface area contributed by atoms with Gasteiger partial charge >= 0.3 is 0 Å². The average molecular weight is 303 g/mol. The SMILES string of the molecule is CC1NCCN(C(=O)COc2ccc(F)cc2)C1C.Cl. The third-order valence-electron chi connectivity index (χ3n) is 3.53. The summed E-state index contributed by atoms with van der Waals surface area (Å²) in [6, 6.07) is 6.10. The lowest BCUT2D eigenvalue weighted by atomic mass is 10.1. The smallest absolute Gasteiger partial charge is 0.260 e. The highest BCUT2D eigenvalue weighted by Crippen LogP contribution is 2.13. The number of benzene rings is 1. The normalized spacial score (nSPS) is 22.1. The van der Waals surface area contributed by atoms with Gasteiger partial charge in [-0.05, 0) is 38.1 Å². The highest BCUT2D eigenvalue weighted by atomic mass is 35.5. The van der Waals surface area contributed by atoms with E-state index in [0.717, 1.165) is 6.54 Å². The largest absolute Gasteiger partial charge is 0.484 e. The topological polar surface area (TPSA) is 41.6 Å². The number of ether oxygens (including phenoxy) is 1. The maximum absolute atomic E-state index is 12.7. The van der Waals surface area contributed by atoms with Gasteiger partial charge in [-0.2, -0.15) is 0 Å². The summed E-state index contributed by atoms with van der Waals surface area (Å²) in [5.41, 5.74) is 0. The summed E-state index contributed by atoms with van der Waals surface area (Å²) in [6.07, 6.45) is 0. The summed E-state index contributed by atoms with van der Waals surface area (Å²) in [6.45, 7) is 5.56. The molecule has 1 fully saturated rings. The molecule has 1 aromatic carbocycles. The lowest BCUT2D eigenvalue weighted by Crippen LogP contribution is -2.58. The van der Waals surface area contributed by atoms with Crippen molar-refractivity contribution < 1.29 is 13.9 Å². The molecular weight excluding hydrogens is 283 g/mol. The standard InChI is InChI=1S/C14H19FN2O2.ClH/c1-10-11(2)17(8-7-16-10)14(18)9-19-13-5-3-12(15)4-6-13;/h3-6,10-11,16H,7-9H2,1-2H3;1H. The highest BCUT2D eigenvalue weighted by Gasteiger charge is 2.28. The molecule has 1 aliphatic heterocycles. The van der Waals surface area contributed by atoms with Gasteiger partial charge in [-0.3, -0.25) is 4.79 Å². The Morgan fingerprint density at radius 3 is 2.70 bits per heavy atom. The molecule has 1 amide bonds. The van der Waals surface area contributed by atoms with Crippen LogP contribution in [0.4, 0.5) is 4.39 Å². The predicted molar refractivity (Wildman–Crippen MR) is 77.8 cm³/mol. The van der Waals surface area contributed by atoms with Crippen LogP contribution in [-0.4, -0.2) is 42.6 Å². The fraction of sp³-hybridized carbons (Fsp3) is 0.500. The van der Waals surface area contributed by atoms with Crippen LogP contribution in [0.3, 0.4) is 0 Å². The predicted octanol–water partition coefficient (Wildman–Crippen LogP) is 1.84. The number of hydrogen-bond acceptors (Lipinski definition) is 3. The first kappa shape index (κ1) is 16.7. The number of halogens is 2. The van der Waals surface area contributed by atoms with Gasteiger partial charge in [-0.25, -0.2) is 4.39 Å². The number of nitrogens with zero attached hydrogens (tertiary/aromatic N) is 1. The van der Waals surface area contributed by atoms with Crippen molar-refractivity contribution in [3.05, 3.63) is 30.1 Å². The van der Waals surface area contributed by atoms with Crippen LogP contribution in [0.15, 0.2) is 24.3 Å². The third-order valence-corrected chi connectivity index (χ3v) is 3.53. The molecule has 2 unspecified atom stereocenters. The molecule has 20 heavy (non-hydrogen) atoms. The minimum atomic E-state index is -0.316. The number of hydrogen-bond donors (Lipinski definition) is 1. The quantitative estimate of drug-likeness (QED) is 0.926. The summed E-state index contributed by atoms with van der Waals surface area (Å²) in [5.74, 6) is 0.152. The monoisotopic (exact) mass is 302 g/mol. The minimum absolute atomic E-state index is 0. The minimum Gasteiger partial charge on any atom is -0.484 e. The van der Waals surface area contributed by atoms with Crippen molar-refractivity contribution in [2.45, 2.75) is 25.9 Å². The number of carbonyl (C=O) groups excluding carboxylic acids is 1. The Morgan fingerprint density at radius 1 is 1.40 bits per heavy atom. The zero-order chi connectivity index (χ0) is 13.8. The maximum atomic E-state index is 12.7. The first-order valence-electron chi connectivity index (χ1n) is 6.49. The van der Waals surface area contributed by atoms with Crippen LogP contribution in [0.5, 0.6) is 5.75 Å². The number of piperazine rings is 1. The van der Waals surface area contributed by atoms with Crippen molar-refractivity contribution in [3.63, 3.8) is 0 Å². The van der Waals surface area contributed by atoms with Gasteiger partial charge in [0.25, 0.3) is 5.91 Å².